The molecular formula is C23H32FN9O4. The van der Waals surface area contributed by atoms with E-state index in [4.69, 9.17) is 9.47 Å². The lowest BCUT2D eigenvalue weighted by molar-refractivity contribution is 0.0941. The number of urea groups is 1. The van der Waals surface area contributed by atoms with Crippen molar-refractivity contribution < 1.29 is 23.5 Å². The molecule has 2 aliphatic rings. The van der Waals surface area contributed by atoms with E-state index in [2.05, 4.69) is 35.9 Å². The number of halogens is 1. The molecule has 0 radical (unpaired) electrons. The van der Waals surface area contributed by atoms with Crippen LogP contribution in [0.5, 0.6) is 5.88 Å². The van der Waals surface area contributed by atoms with Crippen LogP contribution in [0.1, 0.15) is 26.2 Å². The number of piperidine rings is 2. The maximum atomic E-state index is 14.9. The number of likely N-dealkylation sites (N-methyl/N-ethyl adjacent to an activating group) is 1. The summed E-state index contributed by atoms with van der Waals surface area (Å²) >= 11 is 0. The van der Waals surface area contributed by atoms with E-state index in [0.717, 1.165) is 19.4 Å². The molecule has 4 rings (SSSR count). The van der Waals surface area contributed by atoms with Gasteiger partial charge in [0.05, 0.1) is 25.0 Å². The Bertz CT molecular complexity index is 1050. The zero-order chi connectivity index (χ0) is 26.2. The van der Waals surface area contributed by atoms with Gasteiger partial charge in [0.25, 0.3) is 0 Å². The van der Waals surface area contributed by atoms with E-state index in [1.807, 2.05) is 6.92 Å². The summed E-state index contributed by atoms with van der Waals surface area (Å²) in [4.78, 5) is 45.0. The molecule has 0 spiro atoms. The second-order valence-electron chi connectivity index (χ2n) is 8.77. The van der Waals surface area contributed by atoms with Gasteiger partial charge in [-0.05, 0) is 38.8 Å². The van der Waals surface area contributed by atoms with Crippen molar-refractivity contribution in [1.29, 1.82) is 0 Å². The van der Waals surface area contributed by atoms with Crippen LogP contribution in [0.2, 0.25) is 0 Å². The number of hydrogen-bond acceptors (Lipinski definition) is 10. The van der Waals surface area contributed by atoms with Gasteiger partial charge in [-0.2, -0.15) is 4.98 Å². The Balaban J connectivity index is 1.35. The van der Waals surface area contributed by atoms with Crippen LogP contribution in [-0.2, 0) is 4.74 Å². The number of nitrogens with zero attached hydrogens (tertiary/aromatic N) is 6. The van der Waals surface area contributed by atoms with Gasteiger partial charge >= 0.3 is 12.1 Å². The Morgan fingerprint density at radius 1 is 1.22 bits per heavy atom. The van der Waals surface area contributed by atoms with Crippen molar-refractivity contribution in [3.63, 3.8) is 0 Å². The Kier molecular flexibility index (Phi) is 8.82. The first-order chi connectivity index (χ1) is 17.9. The lowest BCUT2D eigenvalue weighted by atomic mass is 10.0. The van der Waals surface area contributed by atoms with Gasteiger partial charge in [0, 0.05) is 32.9 Å². The van der Waals surface area contributed by atoms with Crippen molar-refractivity contribution in [2.45, 2.75) is 44.5 Å². The van der Waals surface area contributed by atoms with Crippen LogP contribution in [0.25, 0.3) is 0 Å². The highest BCUT2D eigenvalue weighted by atomic mass is 19.1. The second-order valence-corrected chi connectivity index (χ2v) is 8.77. The summed E-state index contributed by atoms with van der Waals surface area (Å²) in [6.07, 6.45) is 4.21. The quantitative estimate of drug-likeness (QED) is 0.498. The Labute approximate surface area is 214 Å². The lowest BCUT2D eigenvalue weighted by Gasteiger charge is -2.39. The van der Waals surface area contributed by atoms with Gasteiger partial charge in [0.15, 0.2) is 5.82 Å². The van der Waals surface area contributed by atoms with E-state index in [1.54, 1.807) is 11.0 Å². The molecule has 2 saturated heterocycles. The molecule has 14 heteroatoms. The summed E-state index contributed by atoms with van der Waals surface area (Å²) in [6.45, 7) is 4.34. The number of alkyl halides is 1. The van der Waals surface area contributed by atoms with Crippen LogP contribution in [0.3, 0.4) is 0 Å². The van der Waals surface area contributed by atoms with Crippen LogP contribution >= 0.6 is 0 Å². The standard InChI is InChI=1S/C23H32FN9O4/c1-3-36-20-13-27-19(12-28-20)30-22(34)32(2)17-14-33(10-7-16(17)24)21-26-9-6-18(29-21)31-23(35)37-15-5-4-8-25-11-15/h6,9,12-13,15-17,25H,3-5,7-8,10-11,14H2,1-2H3,(H,27,30,34)(H,26,29,31,35)/t15-,16+,17-/m0/s1. The number of ether oxygens (including phenoxy) is 2. The van der Waals surface area contributed by atoms with E-state index < -0.39 is 24.3 Å². The van der Waals surface area contributed by atoms with Crippen molar-refractivity contribution in [2.24, 2.45) is 0 Å². The molecule has 13 nitrogen and oxygen atoms in total. The highest BCUT2D eigenvalue weighted by Gasteiger charge is 2.35. The number of rotatable bonds is 7. The first-order valence-electron chi connectivity index (χ1n) is 12.3. The molecule has 0 bridgehead atoms. The van der Waals surface area contributed by atoms with Crippen LogP contribution < -0.4 is 25.6 Å². The number of aromatic nitrogens is 4. The average molecular weight is 518 g/mol. The summed E-state index contributed by atoms with van der Waals surface area (Å²) in [6, 6.07) is 0.276. The van der Waals surface area contributed by atoms with Gasteiger partial charge < -0.3 is 24.6 Å². The minimum atomic E-state index is -1.24. The maximum absolute atomic E-state index is 14.9. The molecule has 3 atom stereocenters. The van der Waals surface area contributed by atoms with Crippen molar-refractivity contribution >= 4 is 29.7 Å². The Morgan fingerprint density at radius 2 is 2.08 bits per heavy atom. The highest BCUT2D eigenvalue weighted by Crippen LogP contribution is 2.23. The zero-order valence-corrected chi connectivity index (χ0v) is 20.9. The lowest BCUT2D eigenvalue weighted by Crippen LogP contribution is -2.55. The van der Waals surface area contributed by atoms with Gasteiger partial charge in [-0.3, -0.25) is 10.6 Å². The topological polar surface area (TPSA) is 147 Å². The molecule has 2 aliphatic heterocycles. The van der Waals surface area contributed by atoms with Gasteiger partial charge in [-0.15, -0.1) is 0 Å². The zero-order valence-electron chi connectivity index (χ0n) is 20.9. The Morgan fingerprint density at radius 3 is 2.81 bits per heavy atom. The number of amides is 3. The number of carbonyl (C=O) groups is 2. The molecule has 0 unspecified atom stereocenters. The van der Waals surface area contributed by atoms with Crippen LogP contribution in [0.15, 0.2) is 24.7 Å². The van der Waals surface area contributed by atoms with Crippen LogP contribution in [0, 0.1) is 0 Å². The van der Waals surface area contributed by atoms with E-state index in [1.165, 1.54) is 30.5 Å². The van der Waals surface area contributed by atoms with Crippen molar-refractivity contribution in [3.05, 3.63) is 24.7 Å². The third-order valence-corrected chi connectivity index (χ3v) is 6.15. The van der Waals surface area contributed by atoms with E-state index in [0.29, 0.717) is 31.5 Å². The molecule has 0 aliphatic carbocycles. The normalized spacial score (nSPS) is 21.6. The number of hydrogen-bond donors (Lipinski definition) is 3. The van der Waals surface area contributed by atoms with Crippen molar-refractivity contribution in [1.82, 2.24) is 30.2 Å². The maximum Gasteiger partial charge on any atom is 0.413 e. The predicted octanol–water partition coefficient (Wildman–Crippen LogP) is 2.05. The molecule has 0 saturated carbocycles. The van der Waals surface area contributed by atoms with Crippen molar-refractivity contribution in [2.75, 3.05) is 55.4 Å². The highest BCUT2D eigenvalue weighted by molar-refractivity contribution is 5.88. The summed E-state index contributed by atoms with van der Waals surface area (Å²) in [7, 11) is 1.52. The smallest absolute Gasteiger partial charge is 0.413 e. The second kappa shape index (κ2) is 12.4. The first kappa shape index (κ1) is 26.3. The largest absolute Gasteiger partial charge is 0.477 e. The molecule has 2 aromatic heterocycles. The van der Waals surface area contributed by atoms with E-state index in [9.17, 15) is 14.0 Å². The van der Waals surface area contributed by atoms with Gasteiger partial charge in [0.2, 0.25) is 11.8 Å². The predicted molar refractivity (Wildman–Crippen MR) is 134 cm³/mol. The molecule has 2 aromatic rings. The number of nitrogens with one attached hydrogen (secondary N) is 3. The van der Waals surface area contributed by atoms with Gasteiger partial charge in [-0.25, -0.2) is 28.9 Å². The minimum absolute atomic E-state index is 0.168. The monoisotopic (exact) mass is 517 g/mol. The number of anilines is 3. The molecule has 3 amide bonds. The molecule has 0 aromatic carbocycles. The van der Waals surface area contributed by atoms with Crippen LogP contribution in [0.4, 0.5) is 31.6 Å². The molecule has 3 N–H and O–H groups in total. The molecule has 2 fully saturated rings. The molecular weight excluding hydrogens is 485 g/mol. The van der Waals surface area contributed by atoms with Crippen LogP contribution in [-0.4, -0.2) is 95.1 Å². The summed E-state index contributed by atoms with van der Waals surface area (Å²) in [5.74, 6) is 1.16. The third kappa shape index (κ3) is 7.12. The molecule has 37 heavy (non-hydrogen) atoms. The summed E-state index contributed by atoms with van der Waals surface area (Å²) < 4.78 is 25.6. The van der Waals surface area contributed by atoms with E-state index >= 15 is 0 Å². The van der Waals surface area contributed by atoms with Crippen molar-refractivity contribution in [3.8, 4) is 5.88 Å². The van der Waals surface area contributed by atoms with E-state index in [-0.39, 0.29) is 30.7 Å². The minimum Gasteiger partial charge on any atom is -0.477 e. The summed E-state index contributed by atoms with van der Waals surface area (Å²) in [5.41, 5.74) is 0. The summed E-state index contributed by atoms with van der Waals surface area (Å²) in [5, 5.41) is 8.44. The fourth-order valence-electron chi connectivity index (χ4n) is 4.18. The third-order valence-electron chi connectivity index (χ3n) is 6.15. The van der Waals surface area contributed by atoms with Gasteiger partial charge in [0.1, 0.15) is 18.1 Å². The fraction of sp³-hybridized carbons (Fsp3) is 0.565. The Hall–Kier alpha value is -3.81. The van der Waals surface area contributed by atoms with Gasteiger partial charge in [-0.1, -0.05) is 0 Å². The SMILES string of the molecule is CCOc1cnc(NC(=O)N(C)[C@H]2CN(c3nccc(NC(=O)O[C@H]4CCCNC4)n3)CC[C@H]2F)cn1. The first-order valence-corrected chi connectivity index (χ1v) is 12.3. The fourth-order valence-corrected chi connectivity index (χ4v) is 4.18. The molecule has 4 heterocycles. The average Bonchev–Trinajstić information content (AvgIpc) is 2.90. The molecule has 200 valence electrons. The number of carbonyl (C=O) groups excluding carboxylic acids is 2.